The van der Waals surface area contributed by atoms with Crippen molar-refractivity contribution >= 4 is 21.8 Å². The number of nitrogens with one attached hydrogen (secondary N) is 2. The average molecular weight is 378 g/mol. The highest BCUT2D eigenvalue weighted by Crippen LogP contribution is 2.23. The van der Waals surface area contributed by atoms with Crippen LogP contribution in [-0.2, 0) is 14.8 Å². The number of carbonyl (C=O) groups excluding carboxylic acids is 1. The summed E-state index contributed by atoms with van der Waals surface area (Å²) < 4.78 is 27.1. The first kappa shape index (κ1) is 18.8. The van der Waals surface area contributed by atoms with Gasteiger partial charge in [-0.3, -0.25) is 14.5 Å². The Kier molecular flexibility index (Phi) is 5.93. The molecule has 1 unspecified atom stereocenters. The van der Waals surface area contributed by atoms with E-state index in [0.29, 0.717) is 25.1 Å². The number of carbonyl (C=O) groups is 1. The SMILES string of the molecule is CCCCC(N=C1NS(=O)(=O)c2ccccc21)C(=O)N1CCCNCC1. The van der Waals surface area contributed by atoms with Gasteiger partial charge in [0.1, 0.15) is 11.9 Å². The first-order chi connectivity index (χ1) is 12.5. The normalized spacial score (nSPS) is 21.7. The smallest absolute Gasteiger partial charge is 0.263 e. The Morgan fingerprint density at radius 3 is 2.88 bits per heavy atom. The molecule has 1 atom stereocenters. The summed E-state index contributed by atoms with van der Waals surface area (Å²) in [5, 5.41) is 3.29. The van der Waals surface area contributed by atoms with E-state index in [0.717, 1.165) is 32.4 Å². The zero-order chi connectivity index (χ0) is 18.6. The lowest BCUT2D eigenvalue weighted by atomic mass is 10.1. The van der Waals surface area contributed by atoms with Crippen LogP contribution in [0, 0.1) is 0 Å². The van der Waals surface area contributed by atoms with Crippen molar-refractivity contribution in [2.24, 2.45) is 4.99 Å². The minimum absolute atomic E-state index is 0.0155. The van der Waals surface area contributed by atoms with Crippen LogP contribution in [0.4, 0.5) is 0 Å². The summed E-state index contributed by atoms with van der Waals surface area (Å²) in [4.78, 5) is 19.7. The van der Waals surface area contributed by atoms with Gasteiger partial charge in [-0.2, -0.15) is 0 Å². The number of aliphatic imine (C=N–C) groups is 1. The molecule has 8 heteroatoms. The number of hydrogen-bond donors (Lipinski definition) is 2. The molecule has 1 aromatic rings. The van der Waals surface area contributed by atoms with Gasteiger partial charge in [0.25, 0.3) is 10.0 Å². The molecule has 0 aromatic heterocycles. The molecule has 142 valence electrons. The molecule has 2 heterocycles. The van der Waals surface area contributed by atoms with E-state index in [1.807, 2.05) is 4.90 Å². The van der Waals surface area contributed by atoms with Crippen molar-refractivity contribution < 1.29 is 13.2 Å². The number of amidine groups is 1. The van der Waals surface area contributed by atoms with Crippen LogP contribution in [0.1, 0.15) is 38.2 Å². The van der Waals surface area contributed by atoms with Crippen LogP contribution >= 0.6 is 0 Å². The van der Waals surface area contributed by atoms with Gasteiger partial charge in [0.15, 0.2) is 0 Å². The molecular formula is C18H26N4O3S. The number of rotatable bonds is 5. The number of benzene rings is 1. The molecule has 1 amide bonds. The van der Waals surface area contributed by atoms with Gasteiger partial charge in [0.05, 0.1) is 4.90 Å². The van der Waals surface area contributed by atoms with Crippen molar-refractivity contribution in [3.8, 4) is 0 Å². The van der Waals surface area contributed by atoms with Crippen LogP contribution in [0.3, 0.4) is 0 Å². The predicted octanol–water partition coefficient (Wildman–Crippen LogP) is 1.11. The molecule has 1 saturated heterocycles. The van der Waals surface area contributed by atoms with Crippen LogP contribution < -0.4 is 10.0 Å². The number of sulfonamides is 1. The average Bonchev–Trinajstić information content (AvgIpc) is 2.82. The van der Waals surface area contributed by atoms with E-state index < -0.39 is 16.1 Å². The molecule has 0 saturated carbocycles. The molecule has 1 aromatic carbocycles. The molecular weight excluding hydrogens is 352 g/mol. The second kappa shape index (κ2) is 8.18. The summed E-state index contributed by atoms with van der Waals surface area (Å²) in [6, 6.07) is 6.19. The Bertz CT molecular complexity index is 783. The Hall–Kier alpha value is -1.93. The van der Waals surface area contributed by atoms with Crippen molar-refractivity contribution in [1.82, 2.24) is 14.9 Å². The zero-order valence-corrected chi connectivity index (χ0v) is 15.9. The van der Waals surface area contributed by atoms with Gasteiger partial charge in [-0.05, 0) is 31.5 Å². The third-order valence-corrected chi connectivity index (χ3v) is 6.11. The standard InChI is InChI=1S/C18H26N4O3S/c1-2-3-8-15(18(23)22-12-6-10-19-11-13-22)20-17-14-7-4-5-9-16(14)26(24,25)21-17/h4-5,7,9,15,19H,2-3,6,8,10-13H2,1H3,(H,20,21). The largest absolute Gasteiger partial charge is 0.340 e. The molecule has 0 bridgehead atoms. The second-order valence-electron chi connectivity index (χ2n) is 6.67. The molecule has 1 fully saturated rings. The topological polar surface area (TPSA) is 90.9 Å². The Balaban J connectivity index is 1.89. The van der Waals surface area contributed by atoms with Crippen LogP contribution in [0.2, 0.25) is 0 Å². The summed E-state index contributed by atoms with van der Waals surface area (Å²) >= 11 is 0. The molecule has 26 heavy (non-hydrogen) atoms. The summed E-state index contributed by atoms with van der Waals surface area (Å²) in [6.07, 6.45) is 3.36. The highest BCUT2D eigenvalue weighted by Gasteiger charge is 2.32. The minimum atomic E-state index is -3.59. The molecule has 2 N–H and O–H groups in total. The number of unbranched alkanes of at least 4 members (excludes halogenated alkanes) is 1. The maximum absolute atomic E-state index is 13.0. The molecule has 0 spiro atoms. The molecule has 0 aliphatic carbocycles. The second-order valence-corrected chi connectivity index (χ2v) is 8.32. The molecule has 3 rings (SSSR count). The molecule has 0 radical (unpaired) electrons. The fraction of sp³-hybridized carbons (Fsp3) is 0.556. The Morgan fingerprint density at radius 2 is 2.08 bits per heavy atom. The van der Waals surface area contributed by atoms with Gasteiger partial charge in [0, 0.05) is 25.2 Å². The number of fused-ring (bicyclic) bond motifs is 1. The highest BCUT2D eigenvalue weighted by molar-refractivity contribution is 7.90. The number of hydrogen-bond acceptors (Lipinski definition) is 5. The first-order valence-corrected chi connectivity index (χ1v) is 10.7. The quantitative estimate of drug-likeness (QED) is 0.803. The van der Waals surface area contributed by atoms with E-state index in [1.54, 1.807) is 24.3 Å². The minimum Gasteiger partial charge on any atom is -0.340 e. The summed E-state index contributed by atoms with van der Waals surface area (Å²) in [6.45, 7) is 5.12. The van der Waals surface area contributed by atoms with Gasteiger partial charge < -0.3 is 10.2 Å². The fourth-order valence-corrected chi connectivity index (χ4v) is 4.54. The molecule has 7 nitrogen and oxygen atoms in total. The van der Waals surface area contributed by atoms with Gasteiger partial charge >= 0.3 is 0 Å². The predicted molar refractivity (Wildman–Crippen MR) is 101 cm³/mol. The number of nitrogens with zero attached hydrogens (tertiary/aromatic N) is 2. The van der Waals surface area contributed by atoms with Gasteiger partial charge in [-0.15, -0.1) is 0 Å². The van der Waals surface area contributed by atoms with Crippen LogP contribution in [0.5, 0.6) is 0 Å². The maximum atomic E-state index is 13.0. The Labute approximate surface area is 154 Å². The van der Waals surface area contributed by atoms with E-state index in [2.05, 4.69) is 22.0 Å². The first-order valence-electron chi connectivity index (χ1n) is 9.22. The van der Waals surface area contributed by atoms with Crippen molar-refractivity contribution in [3.05, 3.63) is 29.8 Å². The van der Waals surface area contributed by atoms with Crippen LogP contribution in [0.25, 0.3) is 0 Å². The lowest BCUT2D eigenvalue weighted by Gasteiger charge is -2.24. The summed E-state index contributed by atoms with van der Waals surface area (Å²) in [5.74, 6) is 0.265. The van der Waals surface area contributed by atoms with E-state index in [-0.39, 0.29) is 16.6 Å². The summed E-state index contributed by atoms with van der Waals surface area (Å²) in [7, 11) is -3.59. The monoisotopic (exact) mass is 378 g/mol. The van der Waals surface area contributed by atoms with Gasteiger partial charge in [-0.25, -0.2) is 8.42 Å². The highest BCUT2D eigenvalue weighted by atomic mass is 32.2. The molecule has 2 aliphatic rings. The van der Waals surface area contributed by atoms with Gasteiger partial charge in [-0.1, -0.05) is 31.9 Å². The van der Waals surface area contributed by atoms with E-state index >= 15 is 0 Å². The molecule has 2 aliphatic heterocycles. The van der Waals surface area contributed by atoms with Crippen LogP contribution in [0.15, 0.2) is 34.2 Å². The third-order valence-electron chi connectivity index (χ3n) is 4.72. The lowest BCUT2D eigenvalue weighted by molar-refractivity contribution is -0.132. The lowest BCUT2D eigenvalue weighted by Crippen LogP contribution is -2.41. The van der Waals surface area contributed by atoms with E-state index in [4.69, 9.17) is 0 Å². The van der Waals surface area contributed by atoms with Crippen molar-refractivity contribution in [2.45, 2.75) is 43.5 Å². The van der Waals surface area contributed by atoms with Crippen molar-refractivity contribution in [2.75, 3.05) is 26.2 Å². The Morgan fingerprint density at radius 1 is 1.27 bits per heavy atom. The van der Waals surface area contributed by atoms with E-state index in [9.17, 15) is 13.2 Å². The van der Waals surface area contributed by atoms with Crippen LogP contribution in [-0.4, -0.2) is 57.3 Å². The summed E-state index contributed by atoms with van der Waals surface area (Å²) in [5.41, 5.74) is 0.541. The zero-order valence-electron chi connectivity index (χ0n) is 15.1. The fourth-order valence-electron chi connectivity index (χ4n) is 3.30. The maximum Gasteiger partial charge on any atom is 0.263 e. The van der Waals surface area contributed by atoms with Crippen molar-refractivity contribution in [1.29, 1.82) is 0 Å². The van der Waals surface area contributed by atoms with Crippen molar-refractivity contribution in [3.63, 3.8) is 0 Å². The third kappa shape index (κ3) is 4.07. The number of amides is 1. The van der Waals surface area contributed by atoms with E-state index in [1.165, 1.54) is 0 Å². The van der Waals surface area contributed by atoms with Gasteiger partial charge in [0.2, 0.25) is 5.91 Å².